The maximum absolute atomic E-state index is 12.4. The number of nitrogens with zero attached hydrogens (tertiary/aromatic N) is 1. The third-order valence-electron chi connectivity index (χ3n) is 4.96. The molecule has 8 heteroatoms. The van der Waals surface area contributed by atoms with Gasteiger partial charge in [0.25, 0.3) is 5.56 Å². The van der Waals surface area contributed by atoms with Gasteiger partial charge in [-0.25, -0.2) is 9.78 Å². The number of thiophene rings is 1. The molecular weight excluding hydrogens is 366 g/mol. The van der Waals surface area contributed by atoms with Crippen molar-refractivity contribution in [2.75, 3.05) is 0 Å². The highest BCUT2D eigenvalue weighted by molar-refractivity contribution is 7.18. The number of Topliss-reactive ketones (excluding diaryl/α,β-unsaturated/α-hetero) is 1. The van der Waals surface area contributed by atoms with E-state index in [9.17, 15) is 14.4 Å². The number of fused-ring (bicyclic) bond motifs is 3. The molecule has 0 spiro atoms. The number of ether oxygens (including phenoxy) is 1. The average Bonchev–Trinajstić information content (AvgIpc) is 3.25. The minimum Gasteiger partial charge on any atom is -0.453 e. The Labute approximate surface area is 158 Å². The van der Waals surface area contributed by atoms with Crippen LogP contribution in [-0.2, 0) is 24.2 Å². The van der Waals surface area contributed by atoms with Crippen molar-refractivity contribution in [3.63, 3.8) is 0 Å². The second-order valence-electron chi connectivity index (χ2n) is 6.81. The van der Waals surface area contributed by atoms with Crippen molar-refractivity contribution in [1.82, 2.24) is 15.0 Å². The molecule has 0 amide bonds. The van der Waals surface area contributed by atoms with Crippen molar-refractivity contribution in [3.8, 4) is 0 Å². The molecule has 2 N–H and O–H groups in total. The van der Waals surface area contributed by atoms with Gasteiger partial charge in [0.15, 0.2) is 5.78 Å². The number of H-pyrrole nitrogens is 2. The lowest BCUT2D eigenvalue weighted by molar-refractivity contribution is 0.0455. The molecule has 0 aliphatic heterocycles. The summed E-state index contributed by atoms with van der Waals surface area (Å²) in [6.45, 7) is 4.76. The van der Waals surface area contributed by atoms with Gasteiger partial charge < -0.3 is 14.7 Å². The third-order valence-corrected chi connectivity index (χ3v) is 6.14. The number of rotatable bonds is 4. The first kappa shape index (κ1) is 17.7. The standard InChI is InChI=1S/C19H19N3O4S/c1-8-14(10(3)23)9(2)20-16(8)19(25)26-7-13-21-17(24)15-11-5-4-6-12(11)27-18(15)22-13/h20H,4-7H2,1-3H3,(H,21,22,24). The van der Waals surface area contributed by atoms with E-state index in [0.717, 1.165) is 24.8 Å². The first-order valence-electron chi connectivity index (χ1n) is 8.77. The van der Waals surface area contributed by atoms with Gasteiger partial charge in [-0.3, -0.25) is 9.59 Å². The minimum absolute atomic E-state index is 0.109. The average molecular weight is 385 g/mol. The molecule has 3 aromatic rings. The van der Waals surface area contributed by atoms with Crippen LogP contribution in [0.15, 0.2) is 4.79 Å². The number of aromatic amines is 2. The van der Waals surface area contributed by atoms with E-state index in [1.807, 2.05) is 0 Å². The van der Waals surface area contributed by atoms with Crippen molar-refractivity contribution in [2.45, 2.75) is 46.6 Å². The normalized spacial score (nSPS) is 13.1. The molecule has 27 heavy (non-hydrogen) atoms. The van der Waals surface area contributed by atoms with Crippen molar-refractivity contribution in [3.05, 3.63) is 49.1 Å². The Morgan fingerprint density at radius 2 is 2.00 bits per heavy atom. The van der Waals surface area contributed by atoms with Crippen molar-refractivity contribution < 1.29 is 14.3 Å². The van der Waals surface area contributed by atoms with Crippen LogP contribution in [0.1, 0.15) is 61.7 Å². The molecule has 0 saturated heterocycles. The molecule has 0 unspecified atom stereocenters. The smallest absolute Gasteiger partial charge is 0.355 e. The zero-order valence-corrected chi connectivity index (χ0v) is 16.1. The molecule has 3 heterocycles. The SMILES string of the molecule is CC(=O)c1c(C)[nH]c(C(=O)OCc2nc3sc4c(c3c(=O)[nH]2)CCC4)c1C. The Hall–Kier alpha value is -2.74. The highest BCUT2D eigenvalue weighted by Crippen LogP contribution is 2.34. The number of esters is 1. The molecule has 0 aromatic carbocycles. The topological polar surface area (TPSA) is 105 Å². The van der Waals surface area contributed by atoms with Gasteiger partial charge in [-0.15, -0.1) is 11.3 Å². The lowest BCUT2D eigenvalue weighted by Crippen LogP contribution is -2.15. The van der Waals surface area contributed by atoms with Gasteiger partial charge in [0, 0.05) is 16.1 Å². The first-order valence-corrected chi connectivity index (χ1v) is 9.59. The molecular formula is C19H19N3O4S. The molecule has 3 aromatic heterocycles. The van der Waals surface area contributed by atoms with E-state index in [1.54, 1.807) is 25.2 Å². The summed E-state index contributed by atoms with van der Waals surface area (Å²) in [5, 5.41) is 0.671. The van der Waals surface area contributed by atoms with E-state index in [2.05, 4.69) is 15.0 Å². The summed E-state index contributed by atoms with van der Waals surface area (Å²) < 4.78 is 5.31. The Morgan fingerprint density at radius 1 is 1.22 bits per heavy atom. The summed E-state index contributed by atoms with van der Waals surface area (Å²) in [6.07, 6.45) is 2.98. The van der Waals surface area contributed by atoms with E-state index in [-0.39, 0.29) is 23.6 Å². The number of carbonyl (C=O) groups is 2. The summed E-state index contributed by atoms with van der Waals surface area (Å²) >= 11 is 1.54. The third kappa shape index (κ3) is 2.90. The van der Waals surface area contributed by atoms with Crippen molar-refractivity contribution in [2.24, 2.45) is 0 Å². The molecule has 140 valence electrons. The number of ketones is 1. The van der Waals surface area contributed by atoms with Gasteiger partial charge in [-0.2, -0.15) is 0 Å². The maximum Gasteiger partial charge on any atom is 0.355 e. The van der Waals surface area contributed by atoms with Crippen LogP contribution in [0, 0.1) is 13.8 Å². The fourth-order valence-corrected chi connectivity index (χ4v) is 5.08. The van der Waals surface area contributed by atoms with Gasteiger partial charge >= 0.3 is 5.97 Å². The van der Waals surface area contributed by atoms with Crippen molar-refractivity contribution >= 4 is 33.3 Å². The maximum atomic E-state index is 12.4. The summed E-state index contributed by atoms with van der Waals surface area (Å²) in [5.41, 5.74) is 2.88. The number of hydrogen-bond donors (Lipinski definition) is 2. The predicted octanol–water partition coefficient (Wildman–Crippen LogP) is 2.98. The Balaban J connectivity index is 1.57. The van der Waals surface area contributed by atoms with Gasteiger partial charge in [-0.05, 0) is 51.2 Å². The van der Waals surface area contributed by atoms with Crippen LogP contribution >= 0.6 is 11.3 Å². The first-order chi connectivity index (χ1) is 12.9. The Morgan fingerprint density at radius 3 is 2.70 bits per heavy atom. The summed E-state index contributed by atoms with van der Waals surface area (Å²) in [7, 11) is 0. The van der Waals surface area contributed by atoms with Crippen molar-refractivity contribution in [1.29, 1.82) is 0 Å². The fraction of sp³-hybridized carbons (Fsp3) is 0.368. The number of aromatic nitrogens is 3. The molecule has 4 rings (SSSR count). The zero-order chi connectivity index (χ0) is 19.3. The largest absolute Gasteiger partial charge is 0.453 e. The van der Waals surface area contributed by atoms with Gasteiger partial charge in [-0.1, -0.05) is 0 Å². The van der Waals surface area contributed by atoms with Crippen LogP contribution in [-0.4, -0.2) is 26.7 Å². The Bertz CT molecular complexity index is 1150. The molecule has 0 fully saturated rings. The van der Waals surface area contributed by atoms with Crippen LogP contribution in [0.4, 0.5) is 0 Å². The molecule has 0 bridgehead atoms. The lowest BCUT2D eigenvalue weighted by atomic mass is 10.1. The number of aryl methyl sites for hydroxylation is 3. The lowest BCUT2D eigenvalue weighted by Gasteiger charge is -2.05. The van der Waals surface area contributed by atoms with E-state index in [1.165, 1.54) is 11.8 Å². The van der Waals surface area contributed by atoms with Crippen LogP contribution in [0.5, 0.6) is 0 Å². The zero-order valence-electron chi connectivity index (χ0n) is 15.3. The van der Waals surface area contributed by atoms with E-state index >= 15 is 0 Å². The second kappa shape index (κ2) is 6.45. The predicted molar refractivity (Wildman–Crippen MR) is 102 cm³/mol. The van der Waals surface area contributed by atoms with Crippen LogP contribution in [0.3, 0.4) is 0 Å². The van der Waals surface area contributed by atoms with E-state index < -0.39 is 5.97 Å². The second-order valence-corrected chi connectivity index (χ2v) is 7.89. The van der Waals surface area contributed by atoms with Crippen LogP contribution in [0.25, 0.3) is 10.2 Å². The van der Waals surface area contributed by atoms with Gasteiger partial charge in [0.05, 0.1) is 5.39 Å². The molecule has 7 nitrogen and oxygen atoms in total. The summed E-state index contributed by atoms with van der Waals surface area (Å²) in [6, 6.07) is 0. The number of nitrogens with one attached hydrogen (secondary N) is 2. The molecule has 1 aliphatic carbocycles. The minimum atomic E-state index is -0.584. The molecule has 0 atom stereocenters. The highest BCUT2D eigenvalue weighted by Gasteiger charge is 2.23. The Kier molecular flexibility index (Phi) is 4.22. The van der Waals surface area contributed by atoms with E-state index in [0.29, 0.717) is 32.9 Å². The highest BCUT2D eigenvalue weighted by atomic mass is 32.1. The monoisotopic (exact) mass is 385 g/mol. The van der Waals surface area contributed by atoms with Crippen LogP contribution < -0.4 is 5.56 Å². The molecule has 0 radical (unpaired) electrons. The van der Waals surface area contributed by atoms with Crippen LogP contribution in [0.2, 0.25) is 0 Å². The number of hydrogen-bond acceptors (Lipinski definition) is 6. The quantitative estimate of drug-likeness (QED) is 0.531. The van der Waals surface area contributed by atoms with Gasteiger partial charge in [0.2, 0.25) is 0 Å². The summed E-state index contributed by atoms with van der Waals surface area (Å²) in [5.74, 6) is -0.379. The fourth-order valence-electron chi connectivity index (χ4n) is 3.80. The molecule has 1 aliphatic rings. The summed E-state index contributed by atoms with van der Waals surface area (Å²) in [4.78, 5) is 48.6. The molecule has 0 saturated carbocycles. The van der Waals surface area contributed by atoms with Gasteiger partial charge in [0.1, 0.15) is 23.0 Å². The van der Waals surface area contributed by atoms with E-state index in [4.69, 9.17) is 4.74 Å². The number of carbonyl (C=O) groups excluding carboxylic acids is 2.